The first kappa shape index (κ1) is 7.56. The number of aliphatic hydroxyl groups is 2. The van der Waals surface area contributed by atoms with Gasteiger partial charge in [-0.05, 0) is 12.8 Å². The second kappa shape index (κ2) is 2.20. The van der Waals surface area contributed by atoms with Gasteiger partial charge in [-0.3, -0.25) is 0 Å². The molecular formula is C9H16O2. The molecule has 64 valence electrons. The average molecular weight is 156 g/mol. The van der Waals surface area contributed by atoms with Crippen molar-refractivity contribution >= 4 is 0 Å². The van der Waals surface area contributed by atoms with Gasteiger partial charge >= 0.3 is 0 Å². The van der Waals surface area contributed by atoms with Crippen molar-refractivity contribution in [2.75, 3.05) is 0 Å². The lowest BCUT2D eigenvalue weighted by Crippen LogP contribution is -2.18. The van der Waals surface area contributed by atoms with Gasteiger partial charge in [0.25, 0.3) is 0 Å². The summed E-state index contributed by atoms with van der Waals surface area (Å²) in [5.41, 5.74) is -0.0799. The Morgan fingerprint density at radius 1 is 0.818 bits per heavy atom. The highest BCUT2D eigenvalue weighted by atomic mass is 16.5. The van der Waals surface area contributed by atoms with Crippen molar-refractivity contribution in [3.63, 3.8) is 0 Å². The van der Waals surface area contributed by atoms with Crippen LogP contribution in [0.1, 0.15) is 44.9 Å². The summed E-state index contributed by atoms with van der Waals surface area (Å²) in [6, 6.07) is 0. The summed E-state index contributed by atoms with van der Waals surface area (Å²) in [4.78, 5) is 0. The van der Waals surface area contributed by atoms with Crippen LogP contribution in [0.5, 0.6) is 0 Å². The Kier molecular flexibility index (Phi) is 1.52. The maximum Gasteiger partial charge on any atom is 0.169 e. The lowest BCUT2D eigenvalue weighted by molar-refractivity contribution is -0.106. The predicted octanol–water partition coefficient (Wildman–Crippen LogP) is 1.41. The van der Waals surface area contributed by atoms with E-state index in [0.29, 0.717) is 6.42 Å². The fraction of sp³-hybridized carbons (Fsp3) is 1.00. The van der Waals surface area contributed by atoms with Crippen LogP contribution < -0.4 is 0 Å². The first-order valence-corrected chi connectivity index (χ1v) is 4.61. The molecule has 0 aromatic rings. The van der Waals surface area contributed by atoms with Crippen LogP contribution in [-0.2, 0) is 0 Å². The van der Waals surface area contributed by atoms with E-state index in [1.54, 1.807) is 0 Å². The summed E-state index contributed by atoms with van der Waals surface area (Å²) in [5.74, 6) is -1.29. The molecule has 1 spiro atoms. The molecule has 0 aromatic heterocycles. The molecule has 0 bridgehead atoms. The van der Waals surface area contributed by atoms with Gasteiger partial charge in [0.1, 0.15) is 0 Å². The number of hydrogen-bond donors (Lipinski definition) is 2. The van der Waals surface area contributed by atoms with E-state index < -0.39 is 5.79 Å². The van der Waals surface area contributed by atoms with Crippen molar-refractivity contribution in [2.45, 2.75) is 50.7 Å². The van der Waals surface area contributed by atoms with E-state index >= 15 is 0 Å². The Balaban J connectivity index is 2.03. The van der Waals surface area contributed by atoms with Gasteiger partial charge in [0, 0.05) is 11.8 Å². The van der Waals surface area contributed by atoms with Gasteiger partial charge in [-0.25, -0.2) is 0 Å². The minimum Gasteiger partial charge on any atom is -0.365 e. The molecule has 2 nitrogen and oxygen atoms in total. The summed E-state index contributed by atoms with van der Waals surface area (Å²) in [6.45, 7) is 0. The molecule has 0 aliphatic heterocycles. The standard InChI is InChI=1S/C9H16O2/c10-9(11)7-8(9)5-3-1-2-4-6-8/h10-11H,1-7H2. The second-order valence-corrected chi connectivity index (χ2v) is 4.19. The van der Waals surface area contributed by atoms with Crippen LogP contribution in [0.2, 0.25) is 0 Å². The molecule has 0 heterocycles. The minimum absolute atomic E-state index is 0.0799. The third-order valence-electron chi connectivity index (χ3n) is 3.37. The summed E-state index contributed by atoms with van der Waals surface area (Å²) < 4.78 is 0. The lowest BCUT2D eigenvalue weighted by Gasteiger charge is -2.14. The molecular weight excluding hydrogens is 140 g/mol. The number of hydrogen-bond acceptors (Lipinski definition) is 2. The maximum absolute atomic E-state index is 9.39. The van der Waals surface area contributed by atoms with Gasteiger partial charge in [0.05, 0.1) is 0 Å². The third-order valence-corrected chi connectivity index (χ3v) is 3.37. The van der Waals surface area contributed by atoms with Crippen molar-refractivity contribution in [3.8, 4) is 0 Å². The fourth-order valence-corrected chi connectivity index (χ4v) is 2.41. The lowest BCUT2D eigenvalue weighted by atomic mass is 9.96. The monoisotopic (exact) mass is 156 g/mol. The van der Waals surface area contributed by atoms with Crippen LogP contribution in [0.3, 0.4) is 0 Å². The molecule has 11 heavy (non-hydrogen) atoms. The molecule has 0 amide bonds. The van der Waals surface area contributed by atoms with E-state index in [4.69, 9.17) is 0 Å². The van der Waals surface area contributed by atoms with Crippen molar-refractivity contribution in [3.05, 3.63) is 0 Å². The van der Waals surface area contributed by atoms with Crippen LogP contribution >= 0.6 is 0 Å². The Hall–Kier alpha value is -0.0800. The molecule has 0 saturated heterocycles. The first-order chi connectivity index (χ1) is 5.16. The van der Waals surface area contributed by atoms with Gasteiger partial charge in [-0.2, -0.15) is 0 Å². The summed E-state index contributed by atoms with van der Waals surface area (Å²) in [6.07, 6.45) is 7.60. The molecule has 2 fully saturated rings. The highest BCUT2D eigenvalue weighted by molar-refractivity contribution is 5.08. The van der Waals surface area contributed by atoms with E-state index in [9.17, 15) is 10.2 Å². The molecule has 0 unspecified atom stereocenters. The van der Waals surface area contributed by atoms with E-state index in [0.717, 1.165) is 12.8 Å². The predicted molar refractivity (Wildman–Crippen MR) is 41.9 cm³/mol. The van der Waals surface area contributed by atoms with Crippen molar-refractivity contribution in [1.82, 2.24) is 0 Å². The molecule has 0 radical (unpaired) electrons. The topological polar surface area (TPSA) is 40.5 Å². The van der Waals surface area contributed by atoms with Crippen molar-refractivity contribution < 1.29 is 10.2 Å². The molecule has 2 N–H and O–H groups in total. The van der Waals surface area contributed by atoms with Crippen LogP contribution in [0.15, 0.2) is 0 Å². The van der Waals surface area contributed by atoms with Gasteiger partial charge < -0.3 is 10.2 Å². The zero-order valence-electron chi connectivity index (χ0n) is 6.84. The number of rotatable bonds is 0. The van der Waals surface area contributed by atoms with Crippen LogP contribution in [0.25, 0.3) is 0 Å². The maximum atomic E-state index is 9.39. The molecule has 2 saturated carbocycles. The Morgan fingerprint density at radius 2 is 1.27 bits per heavy atom. The third kappa shape index (κ3) is 1.09. The zero-order valence-corrected chi connectivity index (χ0v) is 6.84. The first-order valence-electron chi connectivity index (χ1n) is 4.61. The highest BCUT2D eigenvalue weighted by Crippen LogP contribution is 2.61. The molecule has 0 atom stereocenters. The SMILES string of the molecule is OC1(O)CC12CCCCCC2. The van der Waals surface area contributed by atoms with Crippen LogP contribution in [0.4, 0.5) is 0 Å². The molecule has 0 aromatic carbocycles. The fourth-order valence-electron chi connectivity index (χ4n) is 2.41. The zero-order chi connectivity index (χ0) is 7.95. The normalized spacial score (nSPS) is 33.3. The van der Waals surface area contributed by atoms with Gasteiger partial charge in [-0.15, -0.1) is 0 Å². The molecule has 2 aliphatic rings. The Labute approximate surface area is 67.2 Å². The minimum atomic E-state index is -1.29. The van der Waals surface area contributed by atoms with E-state index in [-0.39, 0.29) is 5.41 Å². The van der Waals surface area contributed by atoms with Crippen molar-refractivity contribution in [1.29, 1.82) is 0 Å². The average Bonchev–Trinajstić information content (AvgIpc) is 2.54. The van der Waals surface area contributed by atoms with Crippen LogP contribution in [-0.4, -0.2) is 16.0 Å². The van der Waals surface area contributed by atoms with E-state index in [1.165, 1.54) is 25.7 Å². The Bertz CT molecular complexity index is 155. The highest BCUT2D eigenvalue weighted by Gasteiger charge is 2.65. The van der Waals surface area contributed by atoms with E-state index in [1.807, 2.05) is 0 Å². The molecule has 2 heteroatoms. The van der Waals surface area contributed by atoms with Crippen molar-refractivity contribution in [2.24, 2.45) is 5.41 Å². The van der Waals surface area contributed by atoms with Gasteiger partial charge in [0.2, 0.25) is 0 Å². The quantitative estimate of drug-likeness (QED) is 0.521. The Morgan fingerprint density at radius 3 is 1.64 bits per heavy atom. The van der Waals surface area contributed by atoms with Gasteiger partial charge in [0.15, 0.2) is 5.79 Å². The summed E-state index contributed by atoms with van der Waals surface area (Å²) >= 11 is 0. The van der Waals surface area contributed by atoms with Crippen LogP contribution in [0, 0.1) is 5.41 Å². The van der Waals surface area contributed by atoms with Gasteiger partial charge in [-0.1, -0.05) is 25.7 Å². The molecule has 2 rings (SSSR count). The van der Waals surface area contributed by atoms with E-state index in [2.05, 4.69) is 0 Å². The second-order valence-electron chi connectivity index (χ2n) is 4.19. The largest absolute Gasteiger partial charge is 0.365 e. The summed E-state index contributed by atoms with van der Waals surface area (Å²) in [7, 11) is 0. The smallest absolute Gasteiger partial charge is 0.169 e. The summed E-state index contributed by atoms with van der Waals surface area (Å²) in [5, 5.41) is 18.8. The molecule has 2 aliphatic carbocycles.